The zero-order chi connectivity index (χ0) is 18.8. The minimum Gasteiger partial charge on any atom is -0.206 e. The van der Waals surface area contributed by atoms with Gasteiger partial charge in [-0.05, 0) is 91.9 Å². The molecule has 2 saturated carbocycles. The van der Waals surface area contributed by atoms with Crippen molar-refractivity contribution in [2.75, 3.05) is 0 Å². The number of hydrogen-bond acceptors (Lipinski definition) is 0. The molecule has 2 fully saturated rings. The summed E-state index contributed by atoms with van der Waals surface area (Å²) in [6.07, 6.45) is 9.72. The van der Waals surface area contributed by atoms with Gasteiger partial charge in [-0.25, -0.2) is 4.39 Å². The molecule has 142 valence electrons. The van der Waals surface area contributed by atoms with Gasteiger partial charge in [0.05, 0.1) is 0 Å². The third-order valence-corrected chi connectivity index (χ3v) is 6.79. The van der Waals surface area contributed by atoms with E-state index in [1.54, 1.807) is 17.9 Å². The normalized spacial score (nSPS) is 20.9. The maximum Gasteiger partial charge on any atom is 0.131 e. The van der Waals surface area contributed by atoms with Gasteiger partial charge in [0.25, 0.3) is 0 Å². The van der Waals surface area contributed by atoms with Crippen molar-refractivity contribution in [2.45, 2.75) is 71.1 Å². The highest BCUT2D eigenvalue weighted by Crippen LogP contribution is 2.38. The predicted octanol–water partition coefficient (Wildman–Crippen LogP) is 7.88. The maximum atomic E-state index is 14.9. The molecule has 2 aliphatic carbocycles. The summed E-state index contributed by atoms with van der Waals surface area (Å²) in [5, 5.41) is 0. The van der Waals surface area contributed by atoms with Crippen LogP contribution in [-0.2, 0) is 0 Å². The van der Waals surface area contributed by atoms with Crippen molar-refractivity contribution < 1.29 is 4.39 Å². The Morgan fingerprint density at radius 3 is 2.04 bits per heavy atom. The van der Waals surface area contributed by atoms with Gasteiger partial charge in [0.15, 0.2) is 0 Å². The molecule has 0 amide bonds. The molecule has 0 atom stereocenters. The van der Waals surface area contributed by atoms with E-state index in [1.807, 2.05) is 6.07 Å². The van der Waals surface area contributed by atoms with Crippen LogP contribution in [0.25, 0.3) is 11.1 Å². The topological polar surface area (TPSA) is 0 Å². The molecule has 2 aromatic carbocycles. The molecule has 0 saturated heterocycles. The van der Waals surface area contributed by atoms with Crippen LogP contribution in [-0.4, -0.2) is 0 Å². The van der Waals surface area contributed by atoms with Crippen molar-refractivity contribution in [3.8, 4) is 11.1 Å². The van der Waals surface area contributed by atoms with E-state index in [4.69, 9.17) is 0 Å². The Bertz CT molecular complexity index is 744. The van der Waals surface area contributed by atoms with Crippen molar-refractivity contribution in [2.24, 2.45) is 5.92 Å². The van der Waals surface area contributed by atoms with Gasteiger partial charge in [-0.15, -0.1) is 0 Å². The Morgan fingerprint density at radius 1 is 0.778 bits per heavy atom. The largest absolute Gasteiger partial charge is 0.206 e. The van der Waals surface area contributed by atoms with Gasteiger partial charge >= 0.3 is 0 Å². The Hall–Kier alpha value is -1.63. The molecular weight excluding hydrogens is 331 g/mol. The molecule has 1 heteroatoms. The second-order valence-electron chi connectivity index (χ2n) is 8.83. The fourth-order valence-corrected chi connectivity index (χ4v) is 4.75. The van der Waals surface area contributed by atoms with Gasteiger partial charge < -0.3 is 0 Å². The summed E-state index contributed by atoms with van der Waals surface area (Å²) in [5.74, 6) is 4.45. The Balaban J connectivity index is 1.48. The average Bonchev–Trinajstić information content (AvgIpc) is 2.69. The lowest BCUT2D eigenvalue weighted by Crippen LogP contribution is -2.11. The van der Waals surface area contributed by atoms with Crippen molar-refractivity contribution in [1.29, 1.82) is 0 Å². The molecule has 0 aliphatic heterocycles. The van der Waals surface area contributed by atoms with Crippen molar-refractivity contribution in [3.63, 3.8) is 0 Å². The first kappa shape index (κ1) is 18.7. The molecule has 2 aromatic rings. The quantitative estimate of drug-likeness (QED) is 0.521. The summed E-state index contributed by atoms with van der Waals surface area (Å²) >= 11 is 0. The standard InChI is InChI=1S/C26H31F/c1-18-3-7-20(8-4-18)21-11-13-23(14-12-21)25-16-15-24(17-26(25)27)22-9-5-19(2)6-10-22/h11-18,22H,3-10H2,1-2H3. The third kappa shape index (κ3) is 4.28. The first-order valence-electron chi connectivity index (χ1n) is 10.7. The molecule has 2 aliphatic rings. The van der Waals surface area contributed by atoms with Crippen LogP contribution in [0, 0.1) is 23.6 Å². The second kappa shape index (κ2) is 8.17. The van der Waals surface area contributed by atoms with E-state index < -0.39 is 0 Å². The van der Waals surface area contributed by atoms with Gasteiger partial charge in [0.1, 0.15) is 5.82 Å². The number of hydrogen-bond donors (Lipinski definition) is 0. The molecule has 27 heavy (non-hydrogen) atoms. The van der Waals surface area contributed by atoms with Crippen LogP contribution in [0.5, 0.6) is 0 Å². The predicted molar refractivity (Wildman–Crippen MR) is 112 cm³/mol. The fraction of sp³-hybridized carbons (Fsp3) is 0.462. The van der Waals surface area contributed by atoms with E-state index >= 15 is 0 Å². The average molecular weight is 363 g/mol. The first-order chi connectivity index (χ1) is 13.1. The number of rotatable bonds is 3. The van der Waals surface area contributed by atoms with Crippen molar-refractivity contribution >= 4 is 0 Å². The van der Waals surface area contributed by atoms with E-state index in [-0.39, 0.29) is 5.82 Å². The summed E-state index contributed by atoms with van der Waals surface area (Å²) in [5.41, 5.74) is 4.23. The molecule has 2 radical (unpaired) electrons. The molecule has 0 N–H and O–H groups in total. The molecule has 0 spiro atoms. The minimum absolute atomic E-state index is 0.0781. The molecule has 0 heterocycles. The monoisotopic (exact) mass is 362 g/mol. The van der Waals surface area contributed by atoms with Crippen LogP contribution >= 0.6 is 0 Å². The van der Waals surface area contributed by atoms with Crippen LogP contribution in [0.3, 0.4) is 0 Å². The summed E-state index contributed by atoms with van der Waals surface area (Å²) in [7, 11) is 0. The van der Waals surface area contributed by atoms with E-state index in [9.17, 15) is 4.39 Å². The van der Waals surface area contributed by atoms with Crippen molar-refractivity contribution in [1.82, 2.24) is 0 Å². The number of halogens is 1. The van der Waals surface area contributed by atoms with Crippen molar-refractivity contribution in [3.05, 3.63) is 71.2 Å². The molecule has 4 rings (SSSR count). The lowest BCUT2D eigenvalue weighted by atomic mass is 9.79. The van der Waals surface area contributed by atoms with Gasteiger partial charge in [-0.3, -0.25) is 0 Å². The molecule has 0 unspecified atom stereocenters. The van der Waals surface area contributed by atoms with Gasteiger partial charge in [0, 0.05) is 11.5 Å². The van der Waals surface area contributed by atoms with Gasteiger partial charge in [0.2, 0.25) is 0 Å². The lowest BCUT2D eigenvalue weighted by molar-refractivity contribution is 0.416. The summed E-state index contributed by atoms with van der Waals surface area (Å²) in [4.78, 5) is 0. The fourth-order valence-electron chi connectivity index (χ4n) is 4.75. The van der Waals surface area contributed by atoms with Crippen LogP contribution in [0.4, 0.5) is 4.39 Å². The van der Waals surface area contributed by atoms with E-state index in [1.165, 1.54) is 49.7 Å². The first-order valence-corrected chi connectivity index (χ1v) is 10.7. The Morgan fingerprint density at radius 2 is 1.41 bits per heavy atom. The highest BCUT2D eigenvalue weighted by Gasteiger charge is 2.22. The molecule has 0 bridgehead atoms. The van der Waals surface area contributed by atoms with E-state index in [2.05, 4.69) is 44.2 Å². The van der Waals surface area contributed by atoms with Gasteiger partial charge in [-0.1, -0.05) is 50.2 Å². The highest BCUT2D eigenvalue weighted by atomic mass is 19.1. The Labute approximate surface area is 164 Å². The zero-order valence-corrected chi connectivity index (χ0v) is 16.7. The number of benzene rings is 2. The van der Waals surface area contributed by atoms with Crippen LogP contribution in [0.1, 0.15) is 82.3 Å². The third-order valence-electron chi connectivity index (χ3n) is 6.79. The minimum atomic E-state index is -0.0781. The summed E-state index contributed by atoms with van der Waals surface area (Å²) < 4.78 is 14.9. The van der Waals surface area contributed by atoms with E-state index in [0.29, 0.717) is 5.92 Å². The van der Waals surface area contributed by atoms with Crippen LogP contribution in [0.2, 0.25) is 0 Å². The highest BCUT2D eigenvalue weighted by molar-refractivity contribution is 5.65. The smallest absolute Gasteiger partial charge is 0.131 e. The molecule has 0 aromatic heterocycles. The van der Waals surface area contributed by atoms with Crippen LogP contribution in [0.15, 0.2) is 42.5 Å². The summed E-state index contributed by atoms with van der Waals surface area (Å²) in [6, 6.07) is 14.5. The maximum absolute atomic E-state index is 14.9. The van der Waals surface area contributed by atoms with E-state index in [0.717, 1.165) is 29.9 Å². The Kier molecular flexibility index (Phi) is 5.66. The second-order valence-corrected chi connectivity index (χ2v) is 8.83. The lowest BCUT2D eigenvalue weighted by Gasteiger charge is -2.26. The van der Waals surface area contributed by atoms with Crippen LogP contribution < -0.4 is 0 Å². The molecule has 0 nitrogen and oxygen atoms in total. The van der Waals surface area contributed by atoms with Gasteiger partial charge in [-0.2, -0.15) is 0 Å². The SMILES string of the molecule is C[C]1CCC(c2ccc(-c3ccc([C]4CCC(C)CC4)cc3)c(F)c2)CC1. The summed E-state index contributed by atoms with van der Waals surface area (Å²) in [6.45, 7) is 4.59. The zero-order valence-electron chi connectivity index (χ0n) is 16.7. The molecular formula is C26H31F.